The highest BCUT2D eigenvalue weighted by molar-refractivity contribution is 5.95. The summed E-state index contributed by atoms with van der Waals surface area (Å²) in [5, 5.41) is 0. The topological polar surface area (TPSA) is 67.9 Å². The fourth-order valence-electron chi connectivity index (χ4n) is 4.23. The molecular weight excluding hydrogens is 392 g/mol. The minimum absolute atomic E-state index is 0.0373. The third-order valence-electron chi connectivity index (χ3n) is 6.07. The zero-order chi connectivity index (χ0) is 21.8. The van der Waals surface area contributed by atoms with Crippen LogP contribution < -0.4 is 5.48 Å². The summed E-state index contributed by atoms with van der Waals surface area (Å²) in [4.78, 5) is 32.4. The molecule has 1 atom stereocenters. The predicted octanol–water partition coefficient (Wildman–Crippen LogP) is 3.59. The van der Waals surface area contributed by atoms with Gasteiger partial charge in [-0.05, 0) is 55.9 Å². The molecular formula is C25H28N2O4. The van der Waals surface area contributed by atoms with Gasteiger partial charge in [0.1, 0.15) is 0 Å². The number of amides is 1. The van der Waals surface area contributed by atoms with Crippen LogP contribution in [0.3, 0.4) is 0 Å². The van der Waals surface area contributed by atoms with Crippen molar-refractivity contribution in [2.24, 2.45) is 5.92 Å². The zero-order valence-electron chi connectivity index (χ0n) is 18.0. The molecule has 31 heavy (non-hydrogen) atoms. The molecule has 2 aromatic carbocycles. The van der Waals surface area contributed by atoms with Gasteiger partial charge in [-0.2, -0.15) is 0 Å². The lowest BCUT2D eigenvalue weighted by Crippen LogP contribution is -2.39. The van der Waals surface area contributed by atoms with E-state index in [4.69, 9.17) is 9.57 Å². The lowest BCUT2D eigenvalue weighted by molar-refractivity contribution is -0.163. The lowest BCUT2D eigenvalue weighted by Gasteiger charge is -2.32. The standard InChI is InChI=1S/C25H28N2O4/c1-25(24(29)30-2)17-22(26-31-25)20-9-6-10-21(16-20)23(28)27-13-11-19(12-14-27)15-18-7-4-3-5-8-18/h3-10,16-17,19,26H,11-15H2,1-2H3. The molecule has 1 fully saturated rings. The summed E-state index contributed by atoms with van der Waals surface area (Å²) < 4.78 is 4.80. The minimum atomic E-state index is -1.19. The van der Waals surface area contributed by atoms with Crippen LogP contribution >= 0.6 is 0 Å². The summed E-state index contributed by atoms with van der Waals surface area (Å²) in [5.74, 6) is 0.162. The average molecular weight is 421 g/mol. The number of benzene rings is 2. The molecule has 1 unspecified atom stereocenters. The number of rotatable bonds is 5. The Morgan fingerprint density at radius 1 is 1.13 bits per heavy atom. The van der Waals surface area contributed by atoms with Crippen molar-refractivity contribution in [3.8, 4) is 0 Å². The number of hydroxylamine groups is 1. The summed E-state index contributed by atoms with van der Waals surface area (Å²) in [7, 11) is 1.32. The van der Waals surface area contributed by atoms with Crippen LogP contribution in [-0.2, 0) is 20.8 Å². The Balaban J connectivity index is 1.40. The first-order valence-corrected chi connectivity index (χ1v) is 10.7. The largest absolute Gasteiger partial charge is 0.467 e. The van der Waals surface area contributed by atoms with Gasteiger partial charge in [0.2, 0.25) is 5.60 Å². The van der Waals surface area contributed by atoms with E-state index in [1.54, 1.807) is 13.0 Å². The van der Waals surface area contributed by atoms with Gasteiger partial charge in [-0.15, -0.1) is 0 Å². The number of piperidine rings is 1. The van der Waals surface area contributed by atoms with Gasteiger partial charge in [-0.3, -0.25) is 15.1 Å². The van der Waals surface area contributed by atoms with Crippen molar-refractivity contribution >= 4 is 17.6 Å². The highest BCUT2D eigenvalue weighted by Crippen LogP contribution is 2.28. The second kappa shape index (κ2) is 8.94. The first kappa shape index (κ1) is 21.1. The van der Waals surface area contributed by atoms with E-state index in [0.717, 1.165) is 37.9 Å². The molecule has 0 spiro atoms. The molecule has 162 valence electrons. The number of carbonyl (C=O) groups is 2. The van der Waals surface area contributed by atoms with Gasteiger partial charge >= 0.3 is 5.97 Å². The summed E-state index contributed by atoms with van der Waals surface area (Å²) >= 11 is 0. The van der Waals surface area contributed by atoms with Crippen LogP contribution in [0, 0.1) is 5.92 Å². The molecule has 1 N–H and O–H groups in total. The number of hydrogen-bond donors (Lipinski definition) is 1. The molecule has 0 aliphatic carbocycles. The maximum atomic E-state index is 13.1. The monoisotopic (exact) mass is 420 g/mol. The SMILES string of the molecule is COC(=O)C1(C)C=C(c2cccc(C(=O)N3CCC(Cc4ccccc4)CC3)c2)NO1. The summed E-state index contributed by atoms with van der Waals surface area (Å²) in [6.07, 6.45) is 4.77. The first-order chi connectivity index (χ1) is 15.0. The molecule has 1 saturated heterocycles. The molecule has 1 amide bonds. The molecule has 2 aliphatic rings. The number of nitrogens with one attached hydrogen (secondary N) is 1. The quantitative estimate of drug-likeness (QED) is 0.749. The third-order valence-corrected chi connectivity index (χ3v) is 6.07. The van der Waals surface area contributed by atoms with Crippen molar-refractivity contribution < 1.29 is 19.2 Å². The maximum Gasteiger partial charge on any atom is 0.344 e. The Morgan fingerprint density at radius 2 is 1.87 bits per heavy atom. The summed E-state index contributed by atoms with van der Waals surface area (Å²) in [6.45, 7) is 3.17. The summed E-state index contributed by atoms with van der Waals surface area (Å²) in [5.41, 5.74) is 5.02. The van der Waals surface area contributed by atoms with Crippen molar-refractivity contribution in [2.75, 3.05) is 20.2 Å². The van der Waals surface area contributed by atoms with E-state index in [9.17, 15) is 9.59 Å². The smallest absolute Gasteiger partial charge is 0.344 e. The number of nitrogens with zero attached hydrogens (tertiary/aromatic N) is 1. The number of carbonyl (C=O) groups excluding carboxylic acids is 2. The van der Waals surface area contributed by atoms with Crippen LogP contribution in [0.4, 0.5) is 0 Å². The second-order valence-corrected chi connectivity index (χ2v) is 8.37. The lowest BCUT2D eigenvalue weighted by atomic mass is 9.90. The number of likely N-dealkylation sites (tertiary alicyclic amines) is 1. The molecule has 2 aromatic rings. The van der Waals surface area contributed by atoms with Gasteiger partial charge in [0.15, 0.2) is 0 Å². The Morgan fingerprint density at radius 3 is 2.58 bits per heavy atom. The highest BCUT2D eigenvalue weighted by Gasteiger charge is 2.39. The number of esters is 1. The Labute approximate surface area is 182 Å². The first-order valence-electron chi connectivity index (χ1n) is 10.7. The normalized spacial score (nSPS) is 21.4. The van der Waals surface area contributed by atoms with E-state index < -0.39 is 11.6 Å². The van der Waals surface area contributed by atoms with Crippen molar-refractivity contribution in [1.82, 2.24) is 10.4 Å². The molecule has 2 aliphatic heterocycles. The van der Waals surface area contributed by atoms with Gasteiger partial charge in [0.05, 0.1) is 12.8 Å². The van der Waals surface area contributed by atoms with E-state index in [1.807, 2.05) is 35.2 Å². The predicted molar refractivity (Wildman–Crippen MR) is 118 cm³/mol. The van der Waals surface area contributed by atoms with E-state index in [2.05, 4.69) is 29.7 Å². The fraction of sp³-hybridized carbons (Fsp3) is 0.360. The van der Waals surface area contributed by atoms with Crippen molar-refractivity contribution in [3.05, 3.63) is 77.4 Å². The van der Waals surface area contributed by atoms with Gasteiger partial charge in [0.25, 0.3) is 5.91 Å². The molecule has 0 aromatic heterocycles. The van der Waals surface area contributed by atoms with E-state index >= 15 is 0 Å². The number of hydrogen-bond acceptors (Lipinski definition) is 5. The number of ether oxygens (including phenoxy) is 1. The van der Waals surface area contributed by atoms with E-state index in [0.29, 0.717) is 17.2 Å². The second-order valence-electron chi connectivity index (χ2n) is 8.37. The van der Waals surface area contributed by atoms with Gasteiger partial charge in [-0.1, -0.05) is 42.5 Å². The third kappa shape index (κ3) is 4.64. The summed E-state index contributed by atoms with van der Waals surface area (Å²) in [6, 6.07) is 17.9. The molecule has 0 saturated carbocycles. The van der Waals surface area contributed by atoms with Crippen molar-refractivity contribution in [1.29, 1.82) is 0 Å². The maximum absolute atomic E-state index is 13.1. The molecule has 2 heterocycles. The fourth-order valence-corrected chi connectivity index (χ4v) is 4.23. The van der Waals surface area contributed by atoms with Crippen molar-refractivity contribution in [2.45, 2.75) is 31.8 Å². The van der Waals surface area contributed by atoms with Crippen LogP contribution in [0.1, 0.15) is 41.3 Å². The van der Waals surface area contributed by atoms with Crippen LogP contribution in [0.5, 0.6) is 0 Å². The highest BCUT2D eigenvalue weighted by atomic mass is 16.7. The van der Waals surface area contributed by atoms with Gasteiger partial charge < -0.3 is 9.64 Å². The van der Waals surface area contributed by atoms with Crippen LogP contribution in [-0.4, -0.2) is 42.6 Å². The minimum Gasteiger partial charge on any atom is -0.467 e. The van der Waals surface area contributed by atoms with E-state index in [-0.39, 0.29) is 5.91 Å². The van der Waals surface area contributed by atoms with Gasteiger partial charge in [-0.25, -0.2) is 4.79 Å². The Bertz CT molecular complexity index is 980. The Hall–Kier alpha value is -3.12. The van der Waals surface area contributed by atoms with E-state index in [1.165, 1.54) is 12.7 Å². The molecule has 0 bridgehead atoms. The molecule has 4 rings (SSSR count). The molecule has 6 nitrogen and oxygen atoms in total. The van der Waals surface area contributed by atoms with Gasteiger partial charge in [0, 0.05) is 24.2 Å². The molecule has 0 radical (unpaired) electrons. The zero-order valence-corrected chi connectivity index (χ0v) is 18.0. The van der Waals surface area contributed by atoms with Crippen LogP contribution in [0.2, 0.25) is 0 Å². The van der Waals surface area contributed by atoms with Crippen molar-refractivity contribution in [3.63, 3.8) is 0 Å². The number of methoxy groups -OCH3 is 1. The molecule has 6 heteroatoms. The Kier molecular flexibility index (Phi) is 6.09. The average Bonchev–Trinajstić information content (AvgIpc) is 3.23. The van der Waals surface area contributed by atoms with Crippen LogP contribution in [0.15, 0.2) is 60.7 Å². The van der Waals surface area contributed by atoms with Crippen LogP contribution in [0.25, 0.3) is 5.70 Å².